The van der Waals surface area contributed by atoms with Gasteiger partial charge in [-0.3, -0.25) is 9.13 Å². The van der Waals surface area contributed by atoms with E-state index < -0.39 is 0 Å². The molecule has 1 aromatic carbocycles. The summed E-state index contributed by atoms with van der Waals surface area (Å²) in [7, 11) is 0. The zero-order valence-electron chi connectivity index (χ0n) is 17.2. The van der Waals surface area contributed by atoms with Crippen molar-refractivity contribution in [3.63, 3.8) is 0 Å². The third-order valence-corrected chi connectivity index (χ3v) is 6.48. The lowest BCUT2D eigenvalue weighted by Gasteiger charge is -2.41. The monoisotopic (exact) mass is 400 g/mol. The molecule has 0 amide bonds. The summed E-state index contributed by atoms with van der Waals surface area (Å²) in [6.45, 7) is 4.22. The molecule has 4 heterocycles. The highest BCUT2D eigenvalue weighted by molar-refractivity contribution is 5.76. The first-order valence-corrected chi connectivity index (χ1v) is 10.8. The second-order valence-corrected chi connectivity index (χ2v) is 8.19. The summed E-state index contributed by atoms with van der Waals surface area (Å²) in [4.78, 5) is 16.9. The van der Waals surface area contributed by atoms with Gasteiger partial charge in [-0.15, -0.1) is 10.2 Å². The minimum Gasteiger partial charge on any atom is -0.341 e. The molecule has 6 rings (SSSR count). The van der Waals surface area contributed by atoms with Crippen LogP contribution in [0.5, 0.6) is 0 Å². The Morgan fingerprint density at radius 1 is 1.07 bits per heavy atom. The Kier molecular flexibility index (Phi) is 3.87. The SMILES string of the molecule is CCC1c2nnc(C)n2-c2cnc(-n3cnc4ccccc43)nc2N1C1CCCC1. The van der Waals surface area contributed by atoms with E-state index in [1.54, 1.807) is 0 Å². The highest BCUT2D eigenvalue weighted by atomic mass is 15.4. The van der Waals surface area contributed by atoms with Crippen molar-refractivity contribution < 1.29 is 0 Å². The van der Waals surface area contributed by atoms with Crippen molar-refractivity contribution in [2.75, 3.05) is 4.90 Å². The zero-order valence-corrected chi connectivity index (χ0v) is 17.2. The van der Waals surface area contributed by atoms with E-state index in [9.17, 15) is 0 Å². The van der Waals surface area contributed by atoms with E-state index in [4.69, 9.17) is 9.97 Å². The van der Waals surface area contributed by atoms with Gasteiger partial charge in [-0.1, -0.05) is 31.9 Å². The molecule has 2 aliphatic rings. The quantitative estimate of drug-likeness (QED) is 0.519. The first-order chi connectivity index (χ1) is 14.8. The van der Waals surface area contributed by atoms with Crippen LogP contribution in [0, 0.1) is 6.92 Å². The number of aryl methyl sites for hydroxylation is 1. The summed E-state index contributed by atoms with van der Waals surface area (Å²) in [5, 5.41) is 8.93. The number of fused-ring (bicyclic) bond motifs is 4. The van der Waals surface area contributed by atoms with Crippen LogP contribution in [0.3, 0.4) is 0 Å². The maximum Gasteiger partial charge on any atom is 0.237 e. The molecular weight excluding hydrogens is 376 g/mol. The van der Waals surface area contributed by atoms with E-state index in [1.165, 1.54) is 25.7 Å². The molecule has 1 unspecified atom stereocenters. The molecule has 1 saturated carbocycles. The summed E-state index contributed by atoms with van der Waals surface area (Å²) >= 11 is 0. The van der Waals surface area contributed by atoms with Crippen LogP contribution in [0.4, 0.5) is 5.82 Å². The molecule has 0 N–H and O–H groups in total. The molecule has 0 saturated heterocycles. The molecule has 8 heteroatoms. The largest absolute Gasteiger partial charge is 0.341 e. The smallest absolute Gasteiger partial charge is 0.237 e. The molecule has 0 spiro atoms. The summed E-state index contributed by atoms with van der Waals surface area (Å²) in [5.74, 6) is 3.50. The van der Waals surface area contributed by atoms with E-state index in [1.807, 2.05) is 42.2 Å². The van der Waals surface area contributed by atoms with E-state index in [0.717, 1.165) is 40.6 Å². The Morgan fingerprint density at radius 2 is 1.90 bits per heavy atom. The van der Waals surface area contributed by atoms with Crippen molar-refractivity contribution in [2.45, 2.75) is 58.0 Å². The standard InChI is InChI=1S/C22H24N8/c1-3-17-21-27-26-14(2)29(21)19-12-23-22(25-20(19)30(17)15-8-4-5-9-15)28-13-24-16-10-6-7-11-18(16)28/h6-7,10-13,15,17H,3-5,8-9H2,1-2H3. The van der Waals surface area contributed by atoms with Crippen LogP contribution in [0.1, 0.15) is 56.7 Å². The minimum atomic E-state index is 0.170. The molecule has 1 aliphatic carbocycles. The second kappa shape index (κ2) is 6.62. The molecular formula is C22H24N8. The third kappa shape index (κ3) is 2.42. The molecule has 30 heavy (non-hydrogen) atoms. The van der Waals surface area contributed by atoms with Gasteiger partial charge in [-0.2, -0.15) is 4.98 Å². The van der Waals surface area contributed by atoms with Gasteiger partial charge >= 0.3 is 0 Å². The second-order valence-electron chi connectivity index (χ2n) is 8.19. The Bertz CT molecular complexity index is 1230. The van der Waals surface area contributed by atoms with Gasteiger partial charge in [-0.05, 0) is 38.3 Å². The number of anilines is 1. The van der Waals surface area contributed by atoms with E-state index >= 15 is 0 Å². The first kappa shape index (κ1) is 17.6. The van der Waals surface area contributed by atoms with Crippen LogP contribution in [0.25, 0.3) is 22.7 Å². The average molecular weight is 400 g/mol. The van der Waals surface area contributed by atoms with Gasteiger partial charge < -0.3 is 4.90 Å². The molecule has 0 bridgehead atoms. The first-order valence-electron chi connectivity index (χ1n) is 10.8. The average Bonchev–Trinajstić information content (AvgIpc) is 3.52. The number of hydrogen-bond donors (Lipinski definition) is 0. The fourth-order valence-electron chi connectivity index (χ4n) is 5.09. The third-order valence-electron chi connectivity index (χ3n) is 6.48. The number of nitrogens with zero attached hydrogens (tertiary/aromatic N) is 8. The fourth-order valence-corrected chi connectivity index (χ4v) is 5.09. The maximum atomic E-state index is 5.11. The minimum absolute atomic E-state index is 0.170. The summed E-state index contributed by atoms with van der Waals surface area (Å²) in [6.07, 6.45) is 9.60. The van der Waals surface area contributed by atoms with Gasteiger partial charge in [-0.25, -0.2) is 9.97 Å². The normalized spacial score (nSPS) is 18.7. The molecule has 3 aromatic heterocycles. The Hall–Kier alpha value is -3.29. The molecule has 0 radical (unpaired) electrons. The number of para-hydroxylation sites is 2. The number of rotatable bonds is 3. The highest BCUT2D eigenvalue weighted by Crippen LogP contribution is 2.43. The Morgan fingerprint density at radius 3 is 2.73 bits per heavy atom. The van der Waals surface area contributed by atoms with E-state index in [2.05, 4.69) is 37.6 Å². The summed E-state index contributed by atoms with van der Waals surface area (Å²) in [6, 6.07) is 8.72. The van der Waals surface area contributed by atoms with Gasteiger partial charge in [0.25, 0.3) is 0 Å². The predicted octanol–water partition coefficient (Wildman–Crippen LogP) is 3.92. The van der Waals surface area contributed by atoms with Gasteiger partial charge in [0.05, 0.1) is 23.3 Å². The van der Waals surface area contributed by atoms with Crippen LogP contribution < -0.4 is 4.90 Å². The lowest BCUT2D eigenvalue weighted by Crippen LogP contribution is -2.42. The maximum absolute atomic E-state index is 5.11. The van der Waals surface area contributed by atoms with Crippen molar-refractivity contribution >= 4 is 16.9 Å². The van der Waals surface area contributed by atoms with Crippen molar-refractivity contribution in [2.24, 2.45) is 0 Å². The summed E-state index contributed by atoms with van der Waals surface area (Å²) < 4.78 is 4.10. The molecule has 1 aliphatic heterocycles. The Labute approximate surface area is 174 Å². The lowest BCUT2D eigenvalue weighted by molar-refractivity contribution is 0.467. The lowest BCUT2D eigenvalue weighted by atomic mass is 10.0. The molecule has 4 aromatic rings. The van der Waals surface area contributed by atoms with Gasteiger partial charge in [0.15, 0.2) is 11.6 Å². The number of aromatic nitrogens is 7. The number of imidazole rings is 1. The van der Waals surface area contributed by atoms with Gasteiger partial charge in [0.2, 0.25) is 5.95 Å². The van der Waals surface area contributed by atoms with Crippen LogP contribution in [-0.4, -0.2) is 40.3 Å². The Balaban J connectivity index is 1.57. The molecule has 152 valence electrons. The van der Waals surface area contributed by atoms with Crippen molar-refractivity contribution in [1.29, 1.82) is 0 Å². The molecule has 8 nitrogen and oxygen atoms in total. The van der Waals surface area contributed by atoms with Crippen LogP contribution in [0.2, 0.25) is 0 Å². The van der Waals surface area contributed by atoms with Crippen LogP contribution in [0.15, 0.2) is 36.8 Å². The van der Waals surface area contributed by atoms with Crippen LogP contribution in [-0.2, 0) is 0 Å². The van der Waals surface area contributed by atoms with Crippen molar-refractivity contribution in [3.05, 3.63) is 48.4 Å². The van der Waals surface area contributed by atoms with Gasteiger partial charge in [0.1, 0.15) is 17.8 Å². The number of benzene rings is 1. The zero-order chi connectivity index (χ0) is 20.2. The highest BCUT2D eigenvalue weighted by Gasteiger charge is 2.39. The fraction of sp³-hybridized carbons (Fsp3) is 0.409. The predicted molar refractivity (Wildman–Crippen MR) is 114 cm³/mol. The number of hydrogen-bond acceptors (Lipinski definition) is 6. The van der Waals surface area contributed by atoms with Crippen molar-refractivity contribution in [1.82, 2.24) is 34.3 Å². The van der Waals surface area contributed by atoms with Gasteiger partial charge in [0, 0.05) is 6.04 Å². The van der Waals surface area contributed by atoms with Crippen molar-refractivity contribution in [3.8, 4) is 11.6 Å². The van der Waals surface area contributed by atoms with E-state index in [0.29, 0.717) is 12.0 Å². The molecule has 1 atom stereocenters. The molecule has 1 fully saturated rings. The topological polar surface area (TPSA) is 77.5 Å². The van der Waals surface area contributed by atoms with E-state index in [-0.39, 0.29) is 6.04 Å². The van der Waals surface area contributed by atoms with Crippen LogP contribution >= 0.6 is 0 Å². The summed E-state index contributed by atoms with van der Waals surface area (Å²) in [5.41, 5.74) is 2.92.